The molecule has 0 amide bonds. The van der Waals surface area contributed by atoms with Crippen molar-refractivity contribution in [1.82, 2.24) is 10.2 Å². The summed E-state index contributed by atoms with van der Waals surface area (Å²) in [5, 5.41) is 3.54. The van der Waals surface area contributed by atoms with Crippen LogP contribution in [0.5, 0.6) is 0 Å². The van der Waals surface area contributed by atoms with E-state index in [9.17, 15) is 0 Å². The molecule has 1 aromatic carbocycles. The van der Waals surface area contributed by atoms with Gasteiger partial charge in [0.1, 0.15) is 0 Å². The minimum atomic E-state index is 0.643. The Balaban J connectivity index is 2.24. The fraction of sp³-hybridized carbons (Fsp3) is 0.625. The van der Waals surface area contributed by atoms with Crippen LogP contribution in [0.25, 0.3) is 0 Å². The second-order valence-electron chi connectivity index (χ2n) is 5.46. The summed E-state index contributed by atoms with van der Waals surface area (Å²) in [7, 11) is 2.19. The van der Waals surface area contributed by atoms with Crippen molar-refractivity contribution < 1.29 is 0 Å². The number of rotatable bonds is 7. The predicted molar refractivity (Wildman–Crippen MR) is 80.0 cm³/mol. The minimum Gasteiger partial charge on any atom is -0.313 e. The van der Waals surface area contributed by atoms with E-state index in [1.54, 1.807) is 0 Å². The third-order valence-electron chi connectivity index (χ3n) is 3.78. The summed E-state index contributed by atoms with van der Waals surface area (Å²) in [6, 6.07) is 7.18. The highest BCUT2D eigenvalue weighted by Crippen LogP contribution is 2.12. The molecule has 0 radical (unpaired) electrons. The van der Waals surface area contributed by atoms with Crippen LogP contribution in [0, 0.1) is 13.8 Å². The highest BCUT2D eigenvalue weighted by Gasteiger charge is 2.02. The molecule has 2 heteroatoms. The van der Waals surface area contributed by atoms with Gasteiger partial charge >= 0.3 is 0 Å². The van der Waals surface area contributed by atoms with Crippen LogP contribution in [-0.4, -0.2) is 31.1 Å². The molecule has 0 aliphatic carbocycles. The zero-order valence-corrected chi connectivity index (χ0v) is 12.6. The van der Waals surface area contributed by atoms with Gasteiger partial charge in [-0.3, -0.25) is 0 Å². The van der Waals surface area contributed by atoms with Crippen LogP contribution in [0.2, 0.25) is 0 Å². The first-order valence-corrected chi connectivity index (χ1v) is 6.98. The van der Waals surface area contributed by atoms with Gasteiger partial charge in [0, 0.05) is 12.6 Å². The summed E-state index contributed by atoms with van der Waals surface area (Å²) in [6.45, 7) is 12.1. The van der Waals surface area contributed by atoms with Crippen LogP contribution >= 0.6 is 0 Å². The number of hydrogen-bond donors (Lipinski definition) is 1. The Hall–Kier alpha value is -0.860. The summed E-state index contributed by atoms with van der Waals surface area (Å²) < 4.78 is 0. The third kappa shape index (κ3) is 4.79. The fourth-order valence-electron chi connectivity index (χ4n) is 1.94. The maximum atomic E-state index is 3.54. The molecular weight excluding hydrogens is 220 g/mol. The molecule has 0 heterocycles. The fourth-order valence-corrected chi connectivity index (χ4v) is 1.94. The van der Waals surface area contributed by atoms with Gasteiger partial charge in [-0.1, -0.05) is 18.2 Å². The first-order valence-electron chi connectivity index (χ1n) is 6.98. The van der Waals surface area contributed by atoms with Gasteiger partial charge in [0.25, 0.3) is 0 Å². The normalized spacial score (nSPS) is 11.5. The van der Waals surface area contributed by atoms with Crippen molar-refractivity contribution >= 4 is 0 Å². The maximum absolute atomic E-state index is 3.54. The number of aryl methyl sites for hydroxylation is 1. The third-order valence-corrected chi connectivity index (χ3v) is 3.78. The molecule has 0 bridgehead atoms. The molecule has 0 fully saturated rings. The van der Waals surface area contributed by atoms with Gasteiger partial charge in [-0.05, 0) is 70.9 Å². The Labute approximate surface area is 112 Å². The molecule has 1 aromatic rings. The van der Waals surface area contributed by atoms with Crippen LogP contribution in [0.3, 0.4) is 0 Å². The highest BCUT2D eigenvalue weighted by molar-refractivity contribution is 5.32. The van der Waals surface area contributed by atoms with E-state index in [0.29, 0.717) is 6.04 Å². The van der Waals surface area contributed by atoms with Gasteiger partial charge in [-0.15, -0.1) is 0 Å². The number of nitrogens with one attached hydrogen (secondary N) is 1. The van der Waals surface area contributed by atoms with Crippen molar-refractivity contribution in [1.29, 1.82) is 0 Å². The quantitative estimate of drug-likeness (QED) is 0.746. The van der Waals surface area contributed by atoms with Crippen molar-refractivity contribution in [2.75, 3.05) is 20.1 Å². The molecular formula is C16H28N2. The van der Waals surface area contributed by atoms with Crippen molar-refractivity contribution in [3.05, 3.63) is 34.9 Å². The van der Waals surface area contributed by atoms with Gasteiger partial charge in [0.2, 0.25) is 0 Å². The Morgan fingerprint density at radius 3 is 2.61 bits per heavy atom. The topological polar surface area (TPSA) is 15.3 Å². The van der Waals surface area contributed by atoms with E-state index in [2.05, 4.69) is 63.2 Å². The van der Waals surface area contributed by atoms with Crippen molar-refractivity contribution in [2.45, 2.75) is 46.7 Å². The molecule has 102 valence electrons. The molecule has 1 N–H and O–H groups in total. The largest absolute Gasteiger partial charge is 0.313 e. The Morgan fingerprint density at radius 2 is 1.94 bits per heavy atom. The molecule has 0 saturated carbocycles. The van der Waals surface area contributed by atoms with E-state index >= 15 is 0 Å². The second-order valence-corrected chi connectivity index (χ2v) is 5.46. The van der Waals surface area contributed by atoms with Crippen molar-refractivity contribution in [2.24, 2.45) is 0 Å². The zero-order chi connectivity index (χ0) is 13.5. The summed E-state index contributed by atoms with van der Waals surface area (Å²) in [4.78, 5) is 2.39. The molecule has 0 atom stereocenters. The highest BCUT2D eigenvalue weighted by atomic mass is 15.1. The van der Waals surface area contributed by atoms with Crippen LogP contribution in [0.1, 0.15) is 37.0 Å². The first-order chi connectivity index (χ1) is 8.52. The molecule has 2 nitrogen and oxygen atoms in total. The average Bonchev–Trinajstić information content (AvgIpc) is 2.33. The summed E-state index contributed by atoms with van der Waals surface area (Å²) in [6.07, 6.45) is 1.21. The van der Waals surface area contributed by atoms with E-state index in [1.807, 2.05) is 0 Å². The van der Waals surface area contributed by atoms with Gasteiger partial charge in [-0.25, -0.2) is 0 Å². The SMILES string of the molecule is Cc1cccc(CNCCCN(C)C(C)C)c1C. The lowest BCUT2D eigenvalue weighted by molar-refractivity contribution is 0.269. The van der Waals surface area contributed by atoms with Crippen LogP contribution in [0.15, 0.2) is 18.2 Å². The van der Waals surface area contributed by atoms with Gasteiger partial charge < -0.3 is 10.2 Å². The summed E-state index contributed by atoms with van der Waals surface area (Å²) in [5.41, 5.74) is 4.23. The van der Waals surface area contributed by atoms with Crippen LogP contribution in [-0.2, 0) is 6.54 Å². The van der Waals surface area contributed by atoms with E-state index < -0.39 is 0 Å². The van der Waals surface area contributed by atoms with Crippen molar-refractivity contribution in [3.8, 4) is 0 Å². The molecule has 0 aliphatic rings. The van der Waals surface area contributed by atoms with Crippen molar-refractivity contribution in [3.63, 3.8) is 0 Å². The minimum absolute atomic E-state index is 0.643. The van der Waals surface area contributed by atoms with Gasteiger partial charge in [0.05, 0.1) is 0 Å². The summed E-state index contributed by atoms with van der Waals surface area (Å²) in [5.74, 6) is 0. The number of nitrogens with zero attached hydrogens (tertiary/aromatic N) is 1. The van der Waals surface area contributed by atoms with Crippen LogP contribution in [0.4, 0.5) is 0 Å². The second kappa shape index (κ2) is 7.55. The smallest absolute Gasteiger partial charge is 0.0208 e. The van der Waals surface area contributed by atoms with E-state index in [-0.39, 0.29) is 0 Å². The number of hydrogen-bond acceptors (Lipinski definition) is 2. The average molecular weight is 248 g/mol. The number of benzene rings is 1. The lowest BCUT2D eigenvalue weighted by atomic mass is 10.0. The molecule has 0 unspecified atom stereocenters. The summed E-state index contributed by atoms with van der Waals surface area (Å²) >= 11 is 0. The predicted octanol–water partition coefficient (Wildman–Crippen LogP) is 3.12. The Morgan fingerprint density at radius 1 is 1.22 bits per heavy atom. The first kappa shape index (κ1) is 15.2. The molecule has 0 saturated heterocycles. The lowest BCUT2D eigenvalue weighted by Crippen LogP contribution is -2.29. The molecule has 0 spiro atoms. The Bertz CT molecular complexity index is 358. The molecule has 18 heavy (non-hydrogen) atoms. The van der Waals surface area contributed by atoms with E-state index in [4.69, 9.17) is 0 Å². The monoisotopic (exact) mass is 248 g/mol. The molecule has 0 aromatic heterocycles. The zero-order valence-electron chi connectivity index (χ0n) is 12.6. The molecule has 0 aliphatic heterocycles. The van der Waals surface area contributed by atoms with Crippen LogP contribution < -0.4 is 5.32 Å². The molecule has 1 rings (SSSR count). The Kier molecular flexibility index (Phi) is 6.37. The van der Waals surface area contributed by atoms with Gasteiger partial charge in [-0.2, -0.15) is 0 Å². The maximum Gasteiger partial charge on any atom is 0.0208 e. The van der Waals surface area contributed by atoms with E-state index in [1.165, 1.54) is 23.1 Å². The standard InChI is InChI=1S/C16H28N2/c1-13(2)18(5)11-7-10-17-12-16-9-6-8-14(3)15(16)4/h6,8-9,13,17H,7,10-12H2,1-5H3. The lowest BCUT2D eigenvalue weighted by Gasteiger charge is -2.20. The van der Waals surface area contributed by atoms with Gasteiger partial charge in [0.15, 0.2) is 0 Å². The van der Waals surface area contributed by atoms with E-state index in [0.717, 1.165) is 19.6 Å².